The van der Waals surface area contributed by atoms with Crippen LogP contribution in [0.5, 0.6) is 0 Å². The first-order valence-electron chi connectivity index (χ1n) is 9.38. The van der Waals surface area contributed by atoms with Crippen molar-refractivity contribution in [2.75, 3.05) is 36.0 Å². The number of nitrogens with zero attached hydrogens (tertiary/aromatic N) is 2. The largest absolute Gasteiger partial charge is 0.443 e. The van der Waals surface area contributed by atoms with Crippen LogP contribution >= 0.6 is 22.9 Å². The molecule has 151 valence electrons. The Balaban J connectivity index is 0.00000240. The first kappa shape index (κ1) is 22.5. The van der Waals surface area contributed by atoms with Crippen LogP contribution in [0.2, 0.25) is 4.34 Å². The zero-order valence-electron chi connectivity index (χ0n) is 15.9. The number of amides is 2. The van der Waals surface area contributed by atoms with E-state index in [0.717, 1.165) is 24.5 Å². The van der Waals surface area contributed by atoms with E-state index in [0.29, 0.717) is 15.8 Å². The molecule has 3 heterocycles. The van der Waals surface area contributed by atoms with E-state index in [1.54, 1.807) is 17.0 Å². The summed E-state index contributed by atoms with van der Waals surface area (Å²) in [4.78, 5) is 28.8. The number of ether oxygens (including phenoxy) is 1. The monoisotopic (exact) mass is 507 g/mol. The molecular weight excluding hydrogens is 487 g/mol. The number of nitrogens with one attached hydrogen (secondary N) is 1. The third-order valence-electron chi connectivity index (χ3n) is 4.95. The molecule has 0 bridgehead atoms. The van der Waals surface area contributed by atoms with Crippen LogP contribution in [-0.4, -0.2) is 44.3 Å². The van der Waals surface area contributed by atoms with Crippen molar-refractivity contribution in [2.24, 2.45) is 0 Å². The summed E-state index contributed by atoms with van der Waals surface area (Å²) in [5.74, 6) is -0.217. The van der Waals surface area contributed by atoms with E-state index < -0.39 is 12.2 Å². The summed E-state index contributed by atoms with van der Waals surface area (Å²) in [6.45, 7) is 2.75. The first-order valence-corrected chi connectivity index (χ1v) is 10.6. The van der Waals surface area contributed by atoms with Gasteiger partial charge in [-0.15, -0.1) is 23.5 Å². The Labute approximate surface area is 204 Å². The van der Waals surface area contributed by atoms with Gasteiger partial charge in [0.1, 0.15) is 6.10 Å². The smallest absolute Gasteiger partial charge is 0.403 e. The molecule has 2 aliphatic heterocycles. The van der Waals surface area contributed by atoms with E-state index in [1.165, 1.54) is 30.6 Å². The summed E-state index contributed by atoms with van der Waals surface area (Å²) in [5, 5.41) is 2.79. The van der Waals surface area contributed by atoms with Gasteiger partial charge in [-0.3, -0.25) is 4.79 Å². The maximum Gasteiger partial charge on any atom is 0.403 e. The van der Waals surface area contributed by atoms with Crippen molar-refractivity contribution in [2.45, 2.75) is 25.4 Å². The average molecular weight is 508 g/mol. The zero-order chi connectivity index (χ0) is 19.5. The van der Waals surface area contributed by atoms with Crippen molar-refractivity contribution in [3.8, 4) is 0 Å². The second-order valence-electron chi connectivity index (χ2n) is 6.91. The zero-order valence-corrected chi connectivity index (χ0v) is 20.3. The van der Waals surface area contributed by atoms with E-state index in [9.17, 15) is 9.59 Å². The Kier molecular flexibility index (Phi) is 7.96. The van der Waals surface area contributed by atoms with Crippen molar-refractivity contribution in [1.29, 1.82) is 0 Å². The Morgan fingerprint density at radius 2 is 2.03 bits per heavy atom. The number of carbonyl (C=O) groups excluding carboxylic acids is 2. The molecule has 0 aliphatic carbocycles. The molecule has 1 N–H and O–H groups in total. The van der Waals surface area contributed by atoms with Crippen molar-refractivity contribution in [1.82, 2.24) is 5.32 Å². The minimum atomic E-state index is -0.405. The quantitative estimate of drug-likeness (QED) is 0.623. The van der Waals surface area contributed by atoms with Gasteiger partial charge < -0.3 is 19.9 Å². The Morgan fingerprint density at radius 3 is 2.69 bits per heavy atom. The van der Waals surface area contributed by atoms with Crippen LogP contribution in [0.25, 0.3) is 0 Å². The number of anilines is 2. The van der Waals surface area contributed by atoms with E-state index in [2.05, 4.69) is 16.3 Å². The number of cyclic esters (lactones) is 1. The fraction of sp³-hybridized carbons (Fsp3) is 0.400. The van der Waals surface area contributed by atoms with Crippen LogP contribution < -0.4 is 15.1 Å². The molecule has 4 rings (SSSR count). The van der Waals surface area contributed by atoms with Crippen molar-refractivity contribution in [3.63, 3.8) is 0 Å². The summed E-state index contributed by atoms with van der Waals surface area (Å²) >= 11 is 7.07. The fourth-order valence-corrected chi connectivity index (χ4v) is 4.44. The second kappa shape index (κ2) is 10.2. The number of hydrogen-bond acceptors (Lipinski definition) is 5. The molecule has 2 aromatic rings. The standard InChI is InChI=1S/C20H21ClN3O3S.Y/c21-18-9-8-17(28-18)19(25)22-12-16-13-24(20(26)27-16)15-6-4-14(5-7-15)23-10-2-1-3-11-23;/h4,6-9,16H,1-3,10-13H2,(H,22,25);/q-1;/t16-;/m0./s1. The third-order valence-corrected chi connectivity index (χ3v) is 6.18. The number of halogens is 1. The molecule has 0 spiro atoms. The van der Waals surface area contributed by atoms with Crippen LogP contribution in [0, 0.1) is 6.07 Å². The van der Waals surface area contributed by atoms with Gasteiger partial charge in [0, 0.05) is 45.8 Å². The third kappa shape index (κ3) is 5.51. The number of carbonyl (C=O) groups is 2. The van der Waals surface area contributed by atoms with Gasteiger partial charge in [0.25, 0.3) is 5.91 Å². The summed E-state index contributed by atoms with van der Waals surface area (Å²) < 4.78 is 5.95. The first-order chi connectivity index (χ1) is 13.6. The van der Waals surface area contributed by atoms with Gasteiger partial charge in [0.15, 0.2) is 0 Å². The molecular formula is C20H21ClN3O3SY-. The number of thiophene rings is 1. The minimum absolute atomic E-state index is 0. The van der Waals surface area contributed by atoms with Crippen LogP contribution in [0.3, 0.4) is 0 Å². The van der Waals surface area contributed by atoms with E-state index in [4.69, 9.17) is 16.3 Å². The Hall–Kier alpha value is -1.15. The maximum atomic E-state index is 12.2. The molecule has 0 unspecified atom stereocenters. The molecule has 2 amide bonds. The molecule has 1 radical (unpaired) electrons. The summed E-state index contributed by atoms with van der Waals surface area (Å²) in [7, 11) is 0. The molecule has 1 aromatic heterocycles. The van der Waals surface area contributed by atoms with E-state index in [-0.39, 0.29) is 45.2 Å². The van der Waals surface area contributed by atoms with Gasteiger partial charge in [-0.2, -0.15) is 12.1 Å². The van der Waals surface area contributed by atoms with Crippen molar-refractivity contribution in [3.05, 3.63) is 45.6 Å². The molecule has 9 heteroatoms. The number of piperidine rings is 1. The Morgan fingerprint density at radius 1 is 1.24 bits per heavy atom. The van der Waals surface area contributed by atoms with Gasteiger partial charge in [-0.1, -0.05) is 23.0 Å². The second-order valence-corrected chi connectivity index (χ2v) is 8.63. The molecule has 0 saturated carbocycles. The van der Waals surface area contributed by atoms with E-state index in [1.807, 2.05) is 18.2 Å². The predicted molar refractivity (Wildman–Crippen MR) is 111 cm³/mol. The van der Waals surface area contributed by atoms with Crippen LogP contribution in [-0.2, 0) is 37.4 Å². The number of rotatable bonds is 5. The summed E-state index contributed by atoms with van der Waals surface area (Å²) in [6.07, 6.45) is 2.90. The molecule has 2 aliphatic rings. The van der Waals surface area contributed by atoms with Gasteiger partial charge in [-0.05, 0) is 31.4 Å². The predicted octanol–water partition coefficient (Wildman–Crippen LogP) is 3.94. The Bertz CT molecular complexity index is 855. The van der Waals surface area contributed by atoms with Crippen LogP contribution in [0.1, 0.15) is 28.9 Å². The molecule has 2 fully saturated rings. The average Bonchev–Trinajstić information content (AvgIpc) is 3.32. The minimum Gasteiger partial charge on any atom is -0.443 e. The number of hydrogen-bond donors (Lipinski definition) is 1. The SMILES string of the molecule is O=C(NC[C@H]1CN(c2c[c-]c(N3CCCCC3)cc2)C(=O)O1)c1ccc(Cl)s1.[Y]. The summed E-state index contributed by atoms with van der Waals surface area (Å²) in [5.41, 5.74) is 1.82. The normalized spacial score (nSPS) is 18.9. The van der Waals surface area contributed by atoms with Gasteiger partial charge in [0.2, 0.25) is 0 Å². The molecule has 1 atom stereocenters. The number of benzene rings is 1. The van der Waals surface area contributed by atoms with Crippen molar-refractivity contribution >= 4 is 46.3 Å². The molecule has 1 aromatic carbocycles. The van der Waals surface area contributed by atoms with Gasteiger partial charge >= 0.3 is 6.09 Å². The topological polar surface area (TPSA) is 61.9 Å². The molecule has 2 saturated heterocycles. The van der Waals surface area contributed by atoms with Gasteiger partial charge in [-0.25, -0.2) is 4.79 Å². The maximum absolute atomic E-state index is 12.2. The molecule has 29 heavy (non-hydrogen) atoms. The van der Waals surface area contributed by atoms with Crippen molar-refractivity contribution < 1.29 is 47.0 Å². The van der Waals surface area contributed by atoms with Crippen LogP contribution in [0.15, 0.2) is 30.3 Å². The summed E-state index contributed by atoms with van der Waals surface area (Å²) in [6, 6.07) is 12.4. The van der Waals surface area contributed by atoms with E-state index >= 15 is 0 Å². The van der Waals surface area contributed by atoms with Crippen LogP contribution in [0.4, 0.5) is 16.2 Å². The van der Waals surface area contributed by atoms with Gasteiger partial charge in [0.05, 0.1) is 22.3 Å². The molecule has 6 nitrogen and oxygen atoms in total. The fourth-order valence-electron chi connectivity index (χ4n) is 3.48.